The molecular formula is C30H30N2O4S. The molecule has 0 saturated heterocycles. The molecule has 4 aromatic carbocycles. The van der Waals surface area contributed by atoms with E-state index in [9.17, 15) is 13.2 Å². The molecule has 0 heterocycles. The van der Waals surface area contributed by atoms with Gasteiger partial charge in [0, 0.05) is 0 Å². The summed E-state index contributed by atoms with van der Waals surface area (Å²) in [6.45, 7) is 3.59. The number of aryl methyl sites for hydroxylation is 1. The van der Waals surface area contributed by atoms with Crippen molar-refractivity contribution in [2.45, 2.75) is 25.9 Å². The Bertz CT molecular complexity index is 1420. The fourth-order valence-corrected chi connectivity index (χ4v) is 5.30. The smallest absolute Gasteiger partial charge is 0.244 e. The van der Waals surface area contributed by atoms with Crippen molar-refractivity contribution in [2.24, 2.45) is 0 Å². The molecule has 1 N–H and O–H groups in total. The standard InChI is InChI=1S/C30H30N2O4S/c1-22-14-16-25(17-15-22)29(24-10-6-4-7-11-24)31-30(33)23(2)32(37(3,34)35)26-18-20-28(21-19-26)36-27-12-8-5-9-13-27/h4-21,23,29H,1-3H3,(H,31,33). The quantitative estimate of drug-likeness (QED) is 0.304. The van der Waals surface area contributed by atoms with Crippen molar-refractivity contribution in [3.05, 3.63) is 126 Å². The molecule has 4 rings (SSSR count). The van der Waals surface area contributed by atoms with Gasteiger partial charge in [0.05, 0.1) is 18.0 Å². The lowest BCUT2D eigenvalue weighted by molar-refractivity contribution is -0.122. The maximum atomic E-state index is 13.5. The van der Waals surface area contributed by atoms with E-state index < -0.39 is 28.0 Å². The molecule has 1 amide bonds. The molecule has 0 aromatic heterocycles. The van der Waals surface area contributed by atoms with Crippen LogP contribution in [0.4, 0.5) is 5.69 Å². The van der Waals surface area contributed by atoms with Crippen LogP contribution in [0.3, 0.4) is 0 Å². The number of anilines is 1. The number of amides is 1. The number of benzene rings is 4. The Morgan fingerprint density at radius 1 is 0.757 bits per heavy atom. The summed E-state index contributed by atoms with van der Waals surface area (Å²) >= 11 is 0. The highest BCUT2D eigenvalue weighted by Gasteiger charge is 2.31. The van der Waals surface area contributed by atoms with Crippen molar-refractivity contribution in [2.75, 3.05) is 10.6 Å². The second kappa shape index (κ2) is 11.3. The third kappa shape index (κ3) is 6.57. The molecular weight excluding hydrogens is 484 g/mol. The summed E-state index contributed by atoms with van der Waals surface area (Å²) in [4.78, 5) is 13.5. The average molecular weight is 515 g/mol. The normalized spacial score (nSPS) is 12.8. The number of carbonyl (C=O) groups is 1. The molecule has 0 fully saturated rings. The minimum atomic E-state index is -3.77. The first-order chi connectivity index (χ1) is 17.7. The van der Waals surface area contributed by atoms with Crippen LogP contribution in [0.5, 0.6) is 11.5 Å². The number of hydrogen-bond acceptors (Lipinski definition) is 4. The zero-order chi connectivity index (χ0) is 26.4. The van der Waals surface area contributed by atoms with Crippen LogP contribution in [0.2, 0.25) is 0 Å². The third-order valence-corrected chi connectivity index (χ3v) is 7.23. The van der Waals surface area contributed by atoms with Gasteiger partial charge in [-0.2, -0.15) is 0 Å². The topological polar surface area (TPSA) is 75.7 Å². The van der Waals surface area contributed by atoms with Crippen LogP contribution in [0, 0.1) is 6.92 Å². The second-order valence-corrected chi connectivity index (χ2v) is 10.8. The maximum absolute atomic E-state index is 13.5. The average Bonchev–Trinajstić information content (AvgIpc) is 2.89. The largest absolute Gasteiger partial charge is 0.457 e. The van der Waals surface area contributed by atoms with Crippen LogP contribution in [0.15, 0.2) is 109 Å². The van der Waals surface area contributed by atoms with E-state index in [4.69, 9.17) is 4.74 Å². The van der Waals surface area contributed by atoms with Crippen LogP contribution in [-0.4, -0.2) is 26.6 Å². The number of ether oxygens (including phenoxy) is 1. The molecule has 7 heteroatoms. The highest BCUT2D eigenvalue weighted by molar-refractivity contribution is 7.92. The van der Waals surface area contributed by atoms with Crippen molar-refractivity contribution in [3.63, 3.8) is 0 Å². The van der Waals surface area contributed by atoms with Crippen LogP contribution in [-0.2, 0) is 14.8 Å². The minimum Gasteiger partial charge on any atom is -0.457 e. The summed E-state index contributed by atoms with van der Waals surface area (Å²) in [6.07, 6.45) is 1.10. The molecule has 2 unspecified atom stereocenters. The van der Waals surface area contributed by atoms with E-state index in [-0.39, 0.29) is 0 Å². The number of hydrogen-bond donors (Lipinski definition) is 1. The maximum Gasteiger partial charge on any atom is 0.244 e. The minimum absolute atomic E-state index is 0.372. The molecule has 190 valence electrons. The van der Waals surface area contributed by atoms with Gasteiger partial charge in [0.1, 0.15) is 17.5 Å². The summed E-state index contributed by atoms with van der Waals surface area (Å²) in [5, 5.41) is 3.07. The van der Waals surface area contributed by atoms with Crippen LogP contribution in [0.25, 0.3) is 0 Å². The van der Waals surface area contributed by atoms with Crippen LogP contribution < -0.4 is 14.4 Å². The van der Waals surface area contributed by atoms with E-state index in [1.807, 2.05) is 91.9 Å². The Morgan fingerprint density at radius 2 is 1.27 bits per heavy atom. The zero-order valence-electron chi connectivity index (χ0n) is 21.0. The van der Waals surface area contributed by atoms with E-state index in [0.29, 0.717) is 17.2 Å². The third-order valence-electron chi connectivity index (χ3n) is 5.99. The number of nitrogens with zero attached hydrogens (tertiary/aromatic N) is 1. The molecule has 0 spiro atoms. The molecule has 6 nitrogen and oxygen atoms in total. The number of para-hydroxylation sites is 1. The molecule has 0 aliphatic carbocycles. The number of nitrogens with one attached hydrogen (secondary N) is 1. The summed E-state index contributed by atoms with van der Waals surface area (Å²) in [5.74, 6) is 0.819. The van der Waals surface area contributed by atoms with Crippen LogP contribution in [0.1, 0.15) is 29.7 Å². The predicted molar refractivity (Wildman–Crippen MR) is 147 cm³/mol. The van der Waals surface area contributed by atoms with Crippen molar-refractivity contribution in [1.82, 2.24) is 5.32 Å². The van der Waals surface area contributed by atoms with E-state index in [1.165, 1.54) is 0 Å². The van der Waals surface area contributed by atoms with E-state index in [2.05, 4.69) is 5.32 Å². The predicted octanol–water partition coefficient (Wildman–Crippen LogP) is 5.85. The Labute approximate surface area is 218 Å². The van der Waals surface area contributed by atoms with E-state index in [1.54, 1.807) is 31.2 Å². The van der Waals surface area contributed by atoms with Crippen LogP contribution >= 0.6 is 0 Å². The molecule has 4 aromatic rings. The number of sulfonamides is 1. The Balaban J connectivity index is 1.59. The molecule has 0 aliphatic rings. The zero-order valence-corrected chi connectivity index (χ0v) is 21.9. The van der Waals surface area contributed by atoms with Gasteiger partial charge in [0.25, 0.3) is 0 Å². The highest BCUT2D eigenvalue weighted by Crippen LogP contribution is 2.28. The number of rotatable bonds is 9. The van der Waals surface area contributed by atoms with E-state index in [0.717, 1.165) is 27.3 Å². The first-order valence-corrected chi connectivity index (χ1v) is 13.8. The summed E-state index contributed by atoms with van der Waals surface area (Å²) < 4.78 is 32.6. The van der Waals surface area contributed by atoms with Crippen molar-refractivity contribution < 1.29 is 17.9 Å². The Hall–Kier alpha value is -4.10. The second-order valence-electron chi connectivity index (χ2n) is 8.91. The van der Waals surface area contributed by atoms with Gasteiger partial charge < -0.3 is 10.1 Å². The number of carbonyl (C=O) groups excluding carboxylic acids is 1. The van der Waals surface area contributed by atoms with Gasteiger partial charge in [-0.1, -0.05) is 78.4 Å². The summed E-state index contributed by atoms with van der Waals surface area (Å²) in [5.41, 5.74) is 3.29. The lowest BCUT2D eigenvalue weighted by atomic mass is 9.97. The monoisotopic (exact) mass is 514 g/mol. The van der Waals surface area contributed by atoms with Gasteiger partial charge in [-0.15, -0.1) is 0 Å². The van der Waals surface area contributed by atoms with E-state index >= 15 is 0 Å². The van der Waals surface area contributed by atoms with Gasteiger partial charge in [-0.25, -0.2) is 8.42 Å². The van der Waals surface area contributed by atoms with Gasteiger partial charge in [-0.3, -0.25) is 9.10 Å². The van der Waals surface area contributed by atoms with Crippen molar-refractivity contribution in [1.29, 1.82) is 0 Å². The fourth-order valence-electron chi connectivity index (χ4n) is 4.12. The molecule has 0 aliphatic heterocycles. The van der Waals surface area contributed by atoms with Gasteiger partial charge in [0.15, 0.2) is 0 Å². The first-order valence-electron chi connectivity index (χ1n) is 12.0. The molecule has 0 bridgehead atoms. The van der Waals surface area contributed by atoms with Crippen molar-refractivity contribution in [3.8, 4) is 11.5 Å². The van der Waals surface area contributed by atoms with Crippen molar-refractivity contribution >= 4 is 21.6 Å². The Morgan fingerprint density at radius 3 is 1.84 bits per heavy atom. The molecule has 0 saturated carbocycles. The molecule has 0 radical (unpaired) electrons. The molecule has 2 atom stereocenters. The lowest BCUT2D eigenvalue weighted by Gasteiger charge is -2.30. The Kier molecular flexibility index (Phi) is 7.94. The first kappa shape index (κ1) is 26.0. The summed E-state index contributed by atoms with van der Waals surface area (Å²) in [7, 11) is -3.77. The fraction of sp³-hybridized carbons (Fsp3) is 0.167. The molecule has 37 heavy (non-hydrogen) atoms. The highest BCUT2D eigenvalue weighted by atomic mass is 32.2. The lowest BCUT2D eigenvalue weighted by Crippen LogP contribution is -2.48. The summed E-state index contributed by atoms with van der Waals surface area (Å²) in [6, 6.07) is 32.1. The van der Waals surface area contributed by atoms with Gasteiger partial charge in [0.2, 0.25) is 15.9 Å². The SMILES string of the molecule is Cc1ccc(C(NC(=O)C(C)N(c2ccc(Oc3ccccc3)cc2)S(C)(=O)=O)c2ccccc2)cc1. The van der Waals surface area contributed by atoms with Gasteiger partial charge in [-0.05, 0) is 61.4 Å². The van der Waals surface area contributed by atoms with Gasteiger partial charge >= 0.3 is 0 Å².